The molecule has 1 aliphatic carbocycles. The van der Waals surface area contributed by atoms with Gasteiger partial charge in [0.2, 0.25) is 0 Å². The van der Waals surface area contributed by atoms with E-state index in [0.717, 1.165) is 19.3 Å². The van der Waals surface area contributed by atoms with Crippen LogP contribution in [0.2, 0.25) is 0 Å². The molecule has 1 atom stereocenters. The average Bonchev–Trinajstić information content (AvgIpc) is 2.61. The molecule has 0 aromatic rings. The first-order valence-electron chi connectivity index (χ1n) is 7.03. The Morgan fingerprint density at radius 3 is 2.47 bits per heavy atom. The summed E-state index contributed by atoms with van der Waals surface area (Å²) in [5, 5.41) is 13.5. The second kappa shape index (κ2) is 4.94. The number of nitrogens with one attached hydrogen (secondary N) is 1. The lowest BCUT2D eigenvalue weighted by Gasteiger charge is -2.51. The molecule has 1 saturated heterocycles. The van der Waals surface area contributed by atoms with Gasteiger partial charge in [0.15, 0.2) is 0 Å². The molecule has 1 unspecified atom stereocenters. The molecule has 0 aromatic carbocycles. The maximum absolute atomic E-state index is 11.7. The number of carbonyl (C=O) groups is 1. The highest BCUT2D eigenvalue weighted by molar-refractivity contribution is 5.67. The summed E-state index contributed by atoms with van der Waals surface area (Å²) < 4.78 is 10.6. The van der Waals surface area contributed by atoms with E-state index >= 15 is 0 Å². The molecule has 2 rings (SSSR count). The molecule has 110 valence electrons. The molecule has 0 aromatic heterocycles. The van der Waals surface area contributed by atoms with Gasteiger partial charge in [0, 0.05) is 25.0 Å². The summed E-state index contributed by atoms with van der Waals surface area (Å²) in [6.45, 7) is 6.95. The number of carbonyl (C=O) groups excluding carboxylic acids is 1. The van der Waals surface area contributed by atoms with Gasteiger partial charge in [-0.05, 0) is 33.6 Å². The van der Waals surface area contributed by atoms with Crippen molar-refractivity contribution in [2.45, 2.75) is 57.7 Å². The topological polar surface area (TPSA) is 67.8 Å². The predicted molar refractivity (Wildman–Crippen MR) is 70.9 cm³/mol. The SMILES string of the molecule is CC(C)(C)OC(=O)NCC1(C2(O)CCOC2)CCC1. The zero-order valence-corrected chi connectivity index (χ0v) is 12.1. The van der Waals surface area contributed by atoms with Crippen molar-refractivity contribution < 1.29 is 19.4 Å². The minimum Gasteiger partial charge on any atom is -0.444 e. The number of hydrogen-bond donors (Lipinski definition) is 2. The first-order chi connectivity index (χ1) is 8.77. The van der Waals surface area contributed by atoms with E-state index < -0.39 is 17.3 Å². The van der Waals surface area contributed by atoms with Crippen LogP contribution in [0.1, 0.15) is 46.5 Å². The Labute approximate surface area is 114 Å². The summed E-state index contributed by atoms with van der Waals surface area (Å²) in [6, 6.07) is 0. The summed E-state index contributed by atoms with van der Waals surface area (Å²) >= 11 is 0. The van der Waals surface area contributed by atoms with Gasteiger partial charge < -0.3 is 19.9 Å². The lowest BCUT2D eigenvalue weighted by Crippen LogP contribution is -2.58. The number of rotatable bonds is 3. The van der Waals surface area contributed by atoms with E-state index in [1.54, 1.807) is 0 Å². The third-order valence-electron chi connectivity index (χ3n) is 4.27. The minimum absolute atomic E-state index is 0.236. The number of hydrogen-bond acceptors (Lipinski definition) is 4. The number of amides is 1. The Bertz CT molecular complexity index is 338. The zero-order chi connectivity index (χ0) is 14.1. The quantitative estimate of drug-likeness (QED) is 0.822. The second-order valence-electron chi connectivity index (χ2n) is 6.82. The van der Waals surface area contributed by atoms with Gasteiger partial charge in [0.1, 0.15) is 5.60 Å². The molecule has 5 heteroatoms. The summed E-state index contributed by atoms with van der Waals surface area (Å²) in [4.78, 5) is 11.7. The molecule has 1 saturated carbocycles. The molecule has 0 bridgehead atoms. The Morgan fingerprint density at radius 2 is 2.05 bits per heavy atom. The van der Waals surface area contributed by atoms with Gasteiger partial charge in [0.05, 0.1) is 12.2 Å². The van der Waals surface area contributed by atoms with Gasteiger partial charge in [-0.1, -0.05) is 6.42 Å². The van der Waals surface area contributed by atoms with Crippen LogP contribution in [0, 0.1) is 5.41 Å². The van der Waals surface area contributed by atoms with Gasteiger partial charge in [-0.3, -0.25) is 0 Å². The summed E-state index contributed by atoms with van der Waals surface area (Å²) in [7, 11) is 0. The first-order valence-corrected chi connectivity index (χ1v) is 7.03. The van der Waals surface area contributed by atoms with Crippen LogP contribution in [0.4, 0.5) is 4.79 Å². The number of alkyl carbamates (subject to hydrolysis) is 1. The second-order valence-corrected chi connectivity index (χ2v) is 6.82. The molecule has 5 nitrogen and oxygen atoms in total. The first kappa shape index (κ1) is 14.6. The third-order valence-corrected chi connectivity index (χ3v) is 4.27. The van der Waals surface area contributed by atoms with E-state index in [2.05, 4.69) is 5.32 Å². The maximum Gasteiger partial charge on any atom is 0.407 e. The average molecular weight is 271 g/mol. The lowest BCUT2D eigenvalue weighted by atomic mass is 9.58. The van der Waals surface area contributed by atoms with E-state index in [1.165, 1.54) is 0 Å². The zero-order valence-electron chi connectivity index (χ0n) is 12.1. The summed E-state index contributed by atoms with van der Waals surface area (Å²) in [5.41, 5.74) is -1.52. The predicted octanol–water partition coefficient (Wildman–Crippen LogP) is 1.83. The van der Waals surface area contributed by atoms with Crippen molar-refractivity contribution in [3.05, 3.63) is 0 Å². The van der Waals surface area contributed by atoms with Crippen LogP contribution in [0.5, 0.6) is 0 Å². The highest BCUT2D eigenvalue weighted by Gasteiger charge is 2.55. The Hall–Kier alpha value is -0.810. The molecule has 1 heterocycles. The van der Waals surface area contributed by atoms with Crippen molar-refractivity contribution in [2.75, 3.05) is 19.8 Å². The van der Waals surface area contributed by atoms with Crippen LogP contribution in [0.3, 0.4) is 0 Å². The van der Waals surface area contributed by atoms with Crippen LogP contribution in [0.15, 0.2) is 0 Å². The van der Waals surface area contributed by atoms with Crippen molar-refractivity contribution in [3.8, 4) is 0 Å². The fourth-order valence-corrected chi connectivity index (χ4v) is 2.94. The minimum atomic E-state index is -0.791. The lowest BCUT2D eigenvalue weighted by molar-refractivity contribution is -0.125. The fourth-order valence-electron chi connectivity index (χ4n) is 2.94. The van der Waals surface area contributed by atoms with Gasteiger partial charge in [-0.15, -0.1) is 0 Å². The number of ether oxygens (including phenoxy) is 2. The Morgan fingerprint density at radius 1 is 1.37 bits per heavy atom. The van der Waals surface area contributed by atoms with E-state index in [-0.39, 0.29) is 5.41 Å². The Balaban J connectivity index is 1.91. The smallest absolute Gasteiger partial charge is 0.407 e. The van der Waals surface area contributed by atoms with E-state index in [0.29, 0.717) is 26.2 Å². The van der Waals surface area contributed by atoms with Crippen molar-refractivity contribution >= 4 is 6.09 Å². The van der Waals surface area contributed by atoms with E-state index in [4.69, 9.17) is 9.47 Å². The molecule has 1 amide bonds. The normalized spacial score (nSPS) is 29.7. The molecule has 19 heavy (non-hydrogen) atoms. The van der Waals surface area contributed by atoms with Crippen LogP contribution < -0.4 is 5.32 Å². The highest BCUT2D eigenvalue weighted by Crippen LogP contribution is 2.51. The highest BCUT2D eigenvalue weighted by atomic mass is 16.6. The van der Waals surface area contributed by atoms with E-state index in [1.807, 2.05) is 20.8 Å². The summed E-state index contributed by atoms with van der Waals surface area (Å²) in [6.07, 6.45) is 3.20. The Kier molecular flexibility index (Phi) is 3.80. The van der Waals surface area contributed by atoms with Crippen LogP contribution in [-0.2, 0) is 9.47 Å². The van der Waals surface area contributed by atoms with Crippen molar-refractivity contribution in [1.82, 2.24) is 5.32 Å². The van der Waals surface area contributed by atoms with Gasteiger partial charge in [-0.25, -0.2) is 4.79 Å². The number of aliphatic hydroxyl groups is 1. The summed E-state index contributed by atoms with van der Waals surface area (Å²) in [5.74, 6) is 0. The van der Waals surface area contributed by atoms with Crippen molar-refractivity contribution in [3.63, 3.8) is 0 Å². The molecule has 1 aliphatic heterocycles. The van der Waals surface area contributed by atoms with Crippen LogP contribution in [0.25, 0.3) is 0 Å². The largest absolute Gasteiger partial charge is 0.444 e. The van der Waals surface area contributed by atoms with Crippen molar-refractivity contribution in [1.29, 1.82) is 0 Å². The molecular formula is C14H25NO4. The van der Waals surface area contributed by atoms with Gasteiger partial charge in [-0.2, -0.15) is 0 Å². The standard InChI is InChI=1S/C14H25NO4/c1-12(2,3)19-11(16)15-9-13(5-4-6-13)14(17)7-8-18-10-14/h17H,4-10H2,1-3H3,(H,15,16). The van der Waals surface area contributed by atoms with Crippen LogP contribution in [-0.4, -0.2) is 42.2 Å². The van der Waals surface area contributed by atoms with E-state index in [9.17, 15) is 9.90 Å². The fraction of sp³-hybridized carbons (Fsp3) is 0.929. The third kappa shape index (κ3) is 3.03. The molecular weight excluding hydrogens is 246 g/mol. The van der Waals surface area contributed by atoms with Gasteiger partial charge >= 0.3 is 6.09 Å². The van der Waals surface area contributed by atoms with Crippen molar-refractivity contribution in [2.24, 2.45) is 5.41 Å². The molecule has 0 spiro atoms. The molecule has 2 N–H and O–H groups in total. The maximum atomic E-state index is 11.7. The molecule has 2 fully saturated rings. The molecule has 2 aliphatic rings. The molecule has 0 radical (unpaired) electrons. The van der Waals surface area contributed by atoms with Crippen LogP contribution >= 0.6 is 0 Å². The van der Waals surface area contributed by atoms with Gasteiger partial charge in [0.25, 0.3) is 0 Å². The monoisotopic (exact) mass is 271 g/mol.